The number of hydrogen-bond acceptors (Lipinski definition) is 4. The number of amides is 1. The first-order valence-corrected chi connectivity index (χ1v) is 7.47. The smallest absolute Gasteiger partial charge is 0.325 e. The number of likely N-dealkylation sites (N-methyl/N-ethyl adjacent to an activating group) is 1. The lowest BCUT2D eigenvalue weighted by Gasteiger charge is -2.19. The van der Waals surface area contributed by atoms with E-state index in [-0.39, 0.29) is 29.7 Å². The lowest BCUT2D eigenvalue weighted by molar-refractivity contribution is -0.148. The Morgan fingerprint density at radius 2 is 2.00 bits per heavy atom. The lowest BCUT2D eigenvalue weighted by atomic mass is 10.3. The van der Waals surface area contributed by atoms with Crippen LogP contribution >= 0.6 is 11.8 Å². The predicted octanol–water partition coefficient (Wildman–Crippen LogP) is 2.47. The second-order valence-corrected chi connectivity index (χ2v) is 5.09. The van der Waals surface area contributed by atoms with Crippen LogP contribution in [0.4, 0.5) is 8.78 Å². The molecule has 0 aromatic heterocycles. The maximum Gasteiger partial charge on any atom is 0.325 e. The fourth-order valence-electron chi connectivity index (χ4n) is 1.56. The molecule has 1 aromatic carbocycles. The Morgan fingerprint density at radius 3 is 2.57 bits per heavy atom. The van der Waals surface area contributed by atoms with Crippen molar-refractivity contribution >= 4 is 23.6 Å². The van der Waals surface area contributed by atoms with Crippen molar-refractivity contribution < 1.29 is 23.1 Å². The molecular weight excluding hydrogens is 300 g/mol. The van der Waals surface area contributed by atoms with Crippen LogP contribution in [0.5, 0.6) is 0 Å². The maximum atomic E-state index is 13.4. The number of thioether (sulfide) groups is 1. The van der Waals surface area contributed by atoms with E-state index in [4.69, 9.17) is 4.74 Å². The van der Waals surface area contributed by atoms with Crippen molar-refractivity contribution in [2.75, 3.05) is 25.4 Å². The van der Waals surface area contributed by atoms with Gasteiger partial charge in [-0.2, -0.15) is 0 Å². The summed E-state index contributed by atoms with van der Waals surface area (Å²) in [6.07, 6.45) is 0. The number of nitrogens with zero attached hydrogens (tertiary/aromatic N) is 1. The number of halogens is 2. The Balaban J connectivity index is 2.56. The number of ether oxygens (including phenoxy) is 1. The summed E-state index contributed by atoms with van der Waals surface area (Å²) in [6, 6.07) is 3.18. The topological polar surface area (TPSA) is 46.6 Å². The quantitative estimate of drug-likeness (QED) is 0.572. The number of carbonyl (C=O) groups excluding carboxylic acids is 2. The summed E-state index contributed by atoms with van der Waals surface area (Å²) in [6.45, 7) is 3.89. The molecule has 0 heterocycles. The average Bonchev–Trinajstić information content (AvgIpc) is 2.43. The van der Waals surface area contributed by atoms with Gasteiger partial charge in [-0.15, -0.1) is 11.8 Å². The summed E-state index contributed by atoms with van der Waals surface area (Å²) >= 11 is 0.963. The van der Waals surface area contributed by atoms with Crippen LogP contribution in [-0.2, 0) is 14.3 Å². The summed E-state index contributed by atoms with van der Waals surface area (Å²) in [7, 11) is 0. The van der Waals surface area contributed by atoms with Gasteiger partial charge in [0.15, 0.2) is 0 Å². The molecule has 0 saturated carbocycles. The minimum absolute atomic E-state index is 0.0319. The molecule has 0 aliphatic carbocycles. The molecule has 7 heteroatoms. The summed E-state index contributed by atoms with van der Waals surface area (Å²) in [5, 5.41) is 0. The van der Waals surface area contributed by atoms with Crippen LogP contribution in [0.15, 0.2) is 23.1 Å². The molecule has 0 unspecified atom stereocenters. The third-order valence-electron chi connectivity index (χ3n) is 2.60. The normalized spacial score (nSPS) is 10.3. The van der Waals surface area contributed by atoms with Gasteiger partial charge in [0.25, 0.3) is 0 Å². The summed E-state index contributed by atoms with van der Waals surface area (Å²) in [4.78, 5) is 24.8. The molecule has 1 rings (SSSR count). The van der Waals surface area contributed by atoms with Crippen molar-refractivity contribution in [3.63, 3.8) is 0 Å². The molecule has 4 nitrogen and oxygen atoms in total. The second kappa shape index (κ2) is 8.61. The van der Waals surface area contributed by atoms with Gasteiger partial charge in [0.1, 0.15) is 18.2 Å². The van der Waals surface area contributed by atoms with E-state index in [2.05, 4.69) is 0 Å². The van der Waals surface area contributed by atoms with Crippen LogP contribution in [-0.4, -0.2) is 42.2 Å². The molecule has 0 aliphatic heterocycles. The average molecular weight is 317 g/mol. The zero-order valence-electron chi connectivity index (χ0n) is 11.9. The van der Waals surface area contributed by atoms with Gasteiger partial charge in [-0.1, -0.05) is 0 Å². The molecule has 116 valence electrons. The molecule has 0 aliphatic rings. The number of benzene rings is 1. The van der Waals surface area contributed by atoms with E-state index in [1.54, 1.807) is 13.8 Å². The number of carbonyl (C=O) groups is 2. The highest BCUT2D eigenvalue weighted by molar-refractivity contribution is 8.00. The first-order valence-electron chi connectivity index (χ1n) is 6.49. The summed E-state index contributed by atoms with van der Waals surface area (Å²) in [5.74, 6) is -2.19. The van der Waals surface area contributed by atoms with Gasteiger partial charge in [-0.05, 0) is 26.0 Å². The van der Waals surface area contributed by atoms with Gasteiger partial charge < -0.3 is 9.64 Å². The van der Waals surface area contributed by atoms with Gasteiger partial charge >= 0.3 is 5.97 Å². The molecule has 1 aromatic rings. The Bertz CT molecular complexity index is 511. The van der Waals surface area contributed by atoms with E-state index in [0.29, 0.717) is 6.54 Å². The van der Waals surface area contributed by atoms with Gasteiger partial charge in [0.2, 0.25) is 5.91 Å². The fourth-order valence-corrected chi connectivity index (χ4v) is 2.38. The van der Waals surface area contributed by atoms with Gasteiger partial charge in [-0.25, -0.2) is 8.78 Å². The highest BCUT2D eigenvalue weighted by Crippen LogP contribution is 2.22. The van der Waals surface area contributed by atoms with Crippen LogP contribution in [0.25, 0.3) is 0 Å². The van der Waals surface area contributed by atoms with E-state index < -0.39 is 17.6 Å². The highest BCUT2D eigenvalue weighted by atomic mass is 32.2. The van der Waals surface area contributed by atoms with Crippen molar-refractivity contribution in [1.82, 2.24) is 4.90 Å². The van der Waals surface area contributed by atoms with E-state index in [0.717, 1.165) is 23.9 Å². The Hall–Kier alpha value is -1.63. The molecule has 0 spiro atoms. The Labute approximate surface area is 126 Å². The van der Waals surface area contributed by atoms with Gasteiger partial charge in [-0.3, -0.25) is 9.59 Å². The first kappa shape index (κ1) is 17.4. The number of rotatable bonds is 7. The summed E-state index contributed by atoms with van der Waals surface area (Å²) < 4.78 is 31.0. The molecule has 0 saturated heterocycles. The largest absolute Gasteiger partial charge is 0.465 e. The second-order valence-electron chi connectivity index (χ2n) is 4.08. The minimum Gasteiger partial charge on any atom is -0.465 e. The van der Waals surface area contributed by atoms with Crippen molar-refractivity contribution in [2.24, 2.45) is 0 Å². The number of hydrogen-bond donors (Lipinski definition) is 0. The molecule has 0 radical (unpaired) electrons. The monoisotopic (exact) mass is 317 g/mol. The van der Waals surface area contributed by atoms with E-state index >= 15 is 0 Å². The highest BCUT2D eigenvalue weighted by Gasteiger charge is 2.17. The summed E-state index contributed by atoms with van der Waals surface area (Å²) in [5.41, 5.74) is 0. The number of esters is 1. The fraction of sp³-hybridized carbons (Fsp3) is 0.429. The van der Waals surface area contributed by atoms with E-state index in [9.17, 15) is 18.4 Å². The maximum absolute atomic E-state index is 13.4. The van der Waals surface area contributed by atoms with Crippen molar-refractivity contribution in [3.8, 4) is 0 Å². The van der Waals surface area contributed by atoms with Crippen LogP contribution in [0, 0.1) is 11.6 Å². The SMILES string of the molecule is CCOC(=O)CN(CC)C(=O)CSc1ccc(F)cc1F. The van der Waals surface area contributed by atoms with Crippen LogP contribution in [0.3, 0.4) is 0 Å². The first-order chi connectivity index (χ1) is 9.97. The van der Waals surface area contributed by atoms with Gasteiger partial charge in [0, 0.05) is 17.5 Å². The zero-order valence-corrected chi connectivity index (χ0v) is 12.7. The standard InChI is InChI=1S/C14H17F2NO3S/c1-3-17(8-14(19)20-4-2)13(18)9-21-12-6-5-10(15)7-11(12)16/h5-7H,3-4,8-9H2,1-2H3. The van der Waals surface area contributed by atoms with E-state index in [1.165, 1.54) is 11.0 Å². The van der Waals surface area contributed by atoms with Crippen LogP contribution < -0.4 is 0 Å². The molecule has 1 amide bonds. The van der Waals surface area contributed by atoms with Gasteiger partial charge in [0.05, 0.1) is 12.4 Å². The molecule has 21 heavy (non-hydrogen) atoms. The predicted molar refractivity (Wildman–Crippen MR) is 76.0 cm³/mol. The lowest BCUT2D eigenvalue weighted by Crippen LogP contribution is -2.37. The van der Waals surface area contributed by atoms with Crippen molar-refractivity contribution in [1.29, 1.82) is 0 Å². The van der Waals surface area contributed by atoms with Crippen molar-refractivity contribution in [2.45, 2.75) is 18.7 Å². The molecular formula is C14H17F2NO3S. The third-order valence-corrected chi connectivity index (χ3v) is 3.64. The molecule has 0 N–H and O–H groups in total. The molecule has 0 atom stereocenters. The van der Waals surface area contributed by atoms with Crippen LogP contribution in [0.1, 0.15) is 13.8 Å². The van der Waals surface area contributed by atoms with Crippen LogP contribution in [0.2, 0.25) is 0 Å². The minimum atomic E-state index is -0.707. The van der Waals surface area contributed by atoms with E-state index in [1.807, 2.05) is 0 Å². The Morgan fingerprint density at radius 1 is 1.29 bits per heavy atom. The molecule has 0 fully saturated rings. The van der Waals surface area contributed by atoms with Crippen molar-refractivity contribution in [3.05, 3.63) is 29.8 Å². The zero-order chi connectivity index (χ0) is 15.8. The Kier molecular flexibility index (Phi) is 7.14. The molecule has 0 bridgehead atoms. The third kappa shape index (κ3) is 5.71.